The number of aromatic nitrogens is 1. The van der Waals surface area contributed by atoms with Crippen LogP contribution in [0.1, 0.15) is 28.5 Å². The van der Waals surface area contributed by atoms with Crippen LogP contribution >= 0.6 is 11.3 Å². The summed E-state index contributed by atoms with van der Waals surface area (Å²) < 4.78 is 0. The second-order valence-electron chi connectivity index (χ2n) is 3.86. The van der Waals surface area contributed by atoms with Crippen molar-refractivity contribution in [1.29, 1.82) is 0 Å². The van der Waals surface area contributed by atoms with Crippen molar-refractivity contribution in [1.82, 2.24) is 10.3 Å². The van der Waals surface area contributed by atoms with Gasteiger partial charge in [-0.25, -0.2) is 4.98 Å². The Morgan fingerprint density at radius 2 is 2.33 bits per heavy atom. The van der Waals surface area contributed by atoms with Gasteiger partial charge in [-0.3, -0.25) is 4.79 Å². The lowest BCUT2D eigenvalue weighted by atomic mass is 10.1. The maximum atomic E-state index is 11.6. The van der Waals surface area contributed by atoms with E-state index >= 15 is 0 Å². The Balaban J connectivity index is 2.43. The first-order valence-electron chi connectivity index (χ1n) is 4.97. The predicted molar refractivity (Wildman–Crippen MR) is 62.0 cm³/mol. The summed E-state index contributed by atoms with van der Waals surface area (Å²) in [6.45, 7) is 6.45. The highest BCUT2D eigenvalue weighted by Crippen LogP contribution is 2.10. The molecule has 0 bridgehead atoms. The number of nitrogens with two attached hydrogens (primary N) is 1. The minimum absolute atomic E-state index is 0.00275. The van der Waals surface area contributed by atoms with E-state index < -0.39 is 0 Å². The van der Waals surface area contributed by atoms with E-state index in [0.717, 1.165) is 5.01 Å². The van der Waals surface area contributed by atoms with Gasteiger partial charge in [-0.2, -0.15) is 0 Å². The summed E-state index contributed by atoms with van der Waals surface area (Å²) in [5.41, 5.74) is 5.82. The lowest BCUT2D eigenvalue weighted by molar-refractivity contribution is 0.0953. The Morgan fingerprint density at radius 1 is 1.67 bits per heavy atom. The normalized spacial score (nSPS) is 12.9. The van der Waals surface area contributed by atoms with Crippen LogP contribution in [0.15, 0.2) is 6.20 Å². The monoisotopic (exact) mass is 227 g/mol. The highest BCUT2D eigenvalue weighted by atomic mass is 32.1. The third-order valence-corrected chi connectivity index (χ3v) is 3.11. The number of nitrogens with zero attached hydrogens (tertiary/aromatic N) is 1. The average Bonchev–Trinajstić information content (AvgIpc) is 2.60. The molecule has 0 saturated carbocycles. The molecule has 4 nitrogen and oxygen atoms in total. The summed E-state index contributed by atoms with van der Waals surface area (Å²) >= 11 is 1.39. The number of carbonyl (C=O) groups excluding carboxylic acids is 1. The minimum Gasteiger partial charge on any atom is -0.350 e. The number of hydrogen-bond acceptors (Lipinski definition) is 4. The number of rotatable bonds is 4. The Labute approximate surface area is 93.9 Å². The largest absolute Gasteiger partial charge is 0.350 e. The first-order valence-corrected chi connectivity index (χ1v) is 5.78. The second-order valence-corrected chi connectivity index (χ2v) is 5.10. The molecule has 1 amide bonds. The topological polar surface area (TPSA) is 68.0 Å². The zero-order valence-corrected chi connectivity index (χ0v) is 10.1. The fraction of sp³-hybridized carbons (Fsp3) is 0.600. The van der Waals surface area contributed by atoms with Gasteiger partial charge in [-0.15, -0.1) is 11.3 Å². The Bertz CT molecular complexity index is 335. The van der Waals surface area contributed by atoms with Crippen molar-refractivity contribution >= 4 is 17.2 Å². The van der Waals surface area contributed by atoms with E-state index in [4.69, 9.17) is 5.73 Å². The molecule has 84 valence electrons. The van der Waals surface area contributed by atoms with Crippen molar-refractivity contribution in [2.24, 2.45) is 11.7 Å². The number of nitrogens with one attached hydrogen (secondary N) is 1. The Kier molecular flexibility index (Phi) is 4.23. The van der Waals surface area contributed by atoms with Gasteiger partial charge >= 0.3 is 0 Å². The van der Waals surface area contributed by atoms with Crippen LogP contribution in [0.3, 0.4) is 0 Å². The molecule has 0 fully saturated rings. The molecule has 0 spiro atoms. The van der Waals surface area contributed by atoms with E-state index in [-0.39, 0.29) is 11.9 Å². The third-order valence-electron chi connectivity index (χ3n) is 2.20. The molecule has 15 heavy (non-hydrogen) atoms. The van der Waals surface area contributed by atoms with Crippen LogP contribution < -0.4 is 11.1 Å². The highest BCUT2D eigenvalue weighted by molar-refractivity contribution is 7.13. The first kappa shape index (κ1) is 12.1. The minimum atomic E-state index is -0.0864. The van der Waals surface area contributed by atoms with Crippen LogP contribution in [0, 0.1) is 12.8 Å². The second kappa shape index (κ2) is 5.23. The average molecular weight is 227 g/mol. The predicted octanol–water partition coefficient (Wildman–Crippen LogP) is 1.16. The van der Waals surface area contributed by atoms with Crippen molar-refractivity contribution < 1.29 is 4.79 Å². The fourth-order valence-electron chi connectivity index (χ4n) is 1.000. The van der Waals surface area contributed by atoms with Gasteiger partial charge in [0.25, 0.3) is 5.91 Å². The molecule has 0 saturated heterocycles. The van der Waals surface area contributed by atoms with E-state index in [1.807, 2.05) is 20.8 Å². The Morgan fingerprint density at radius 3 is 2.80 bits per heavy atom. The molecular formula is C10H17N3OS. The smallest absolute Gasteiger partial charge is 0.263 e. The standard InChI is InChI=1S/C10H17N3OS/c1-6(2)8(11)4-13-10(14)9-5-12-7(3)15-9/h5-6,8H,4,11H2,1-3H3,(H,13,14). The number of amides is 1. The number of carbonyl (C=O) groups is 1. The molecule has 0 aliphatic heterocycles. The van der Waals surface area contributed by atoms with Crippen LogP contribution in [-0.2, 0) is 0 Å². The quantitative estimate of drug-likeness (QED) is 0.811. The molecule has 1 heterocycles. The molecule has 0 aromatic carbocycles. The van der Waals surface area contributed by atoms with Crippen molar-refractivity contribution in [2.75, 3.05) is 6.54 Å². The molecule has 3 N–H and O–H groups in total. The number of aryl methyl sites for hydroxylation is 1. The molecular weight excluding hydrogens is 210 g/mol. The van der Waals surface area contributed by atoms with Crippen molar-refractivity contribution in [3.63, 3.8) is 0 Å². The zero-order chi connectivity index (χ0) is 11.4. The first-order chi connectivity index (χ1) is 7.00. The lowest BCUT2D eigenvalue weighted by Crippen LogP contribution is -2.40. The SMILES string of the molecule is Cc1ncc(C(=O)NCC(N)C(C)C)s1. The molecule has 1 atom stereocenters. The molecule has 0 aliphatic rings. The van der Waals surface area contributed by atoms with Crippen molar-refractivity contribution in [3.8, 4) is 0 Å². The third kappa shape index (κ3) is 3.60. The zero-order valence-electron chi connectivity index (χ0n) is 9.28. The summed E-state index contributed by atoms with van der Waals surface area (Å²) in [6, 6.07) is 0.00275. The van der Waals surface area contributed by atoms with Gasteiger partial charge in [0.1, 0.15) is 4.88 Å². The molecule has 1 unspecified atom stereocenters. The lowest BCUT2D eigenvalue weighted by Gasteiger charge is -2.15. The van der Waals surface area contributed by atoms with Crippen LogP contribution in [-0.4, -0.2) is 23.5 Å². The summed E-state index contributed by atoms with van der Waals surface area (Å²) in [4.78, 5) is 16.3. The van der Waals surface area contributed by atoms with E-state index in [1.165, 1.54) is 11.3 Å². The van der Waals surface area contributed by atoms with Crippen molar-refractivity contribution in [2.45, 2.75) is 26.8 Å². The summed E-state index contributed by atoms with van der Waals surface area (Å²) in [5, 5.41) is 3.70. The molecule has 0 radical (unpaired) electrons. The van der Waals surface area contributed by atoms with Crippen molar-refractivity contribution in [3.05, 3.63) is 16.1 Å². The van der Waals surface area contributed by atoms with E-state index in [0.29, 0.717) is 17.3 Å². The number of hydrogen-bond donors (Lipinski definition) is 2. The highest BCUT2D eigenvalue weighted by Gasteiger charge is 2.12. The summed E-state index contributed by atoms with van der Waals surface area (Å²) in [6.07, 6.45) is 1.59. The molecule has 1 aromatic heterocycles. The van der Waals surface area contributed by atoms with Gasteiger partial charge in [0.2, 0.25) is 0 Å². The summed E-state index contributed by atoms with van der Waals surface area (Å²) in [7, 11) is 0. The van der Waals surface area contributed by atoms with Gasteiger partial charge in [0.15, 0.2) is 0 Å². The maximum Gasteiger partial charge on any atom is 0.263 e. The molecule has 1 aromatic rings. The maximum absolute atomic E-state index is 11.6. The van der Waals surface area contributed by atoms with Gasteiger partial charge in [0.05, 0.1) is 11.2 Å². The fourth-order valence-corrected chi connectivity index (χ4v) is 1.69. The van der Waals surface area contributed by atoms with Gasteiger partial charge in [-0.05, 0) is 12.8 Å². The van der Waals surface area contributed by atoms with Crippen LogP contribution in [0.4, 0.5) is 0 Å². The Hall–Kier alpha value is -0.940. The van der Waals surface area contributed by atoms with E-state index in [1.54, 1.807) is 6.20 Å². The molecule has 0 aliphatic carbocycles. The summed E-state index contributed by atoms with van der Waals surface area (Å²) in [5.74, 6) is 0.283. The van der Waals surface area contributed by atoms with Crippen LogP contribution in [0.2, 0.25) is 0 Å². The molecule has 5 heteroatoms. The van der Waals surface area contributed by atoms with Gasteiger partial charge in [0, 0.05) is 12.6 Å². The van der Waals surface area contributed by atoms with Gasteiger partial charge < -0.3 is 11.1 Å². The van der Waals surface area contributed by atoms with Gasteiger partial charge in [-0.1, -0.05) is 13.8 Å². The van der Waals surface area contributed by atoms with Crippen LogP contribution in [0.5, 0.6) is 0 Å². The number of thiazole rings is 1. The molecule has 1 rings (SSSR count). The van der Waals surface area contributed by atoms with E-state index in [2.05, 4.69) is 10.3 Å². The van der Waals surface area contributed by atoms with E-state index in [9.17, 15) is 4.79 Å². The van der Waals surface area contributed by atoms with Crippen LogP contribution in [0.25, 0.3) is 0 Å².